The summed E-state index contributed by atoms with van der Waals surface area (Å²) in [7, 11) is 1.26. The van der Waals surface area contributed by atoms with Crippen molar-refractivity contribution in [3.8, 4) is 11.5 Å². The molecule has 0 bridgehead atoms. The van der Waals surface area contributed by atoms with E-state index in [-0.39, 0.29) is 17.1 Å². The van der Waals surface area contributed by atoms with E-state index in [1.54, 1.807) is 0 Å². The van der Waals surface area contributed by atoms with Crippen LogP contribution in [0.15, 0.2) is 42.5 Å². The lowest BCUT2D eigenvalue weighted by atomic mass is 10.1. The van der Waals surface area contributed by atoms with Gasteiger partial charge < -0.3 is 15.2 Å². The van der Waals surface area contributed by atoms with Gasteiger partial charge in [0.1, 0.15) is 5.75 Å². The van der Waals surface area contributed by atoms with Gasteiger partial charge in [0.25, 0.3) is 0 Å². The molecule has 0 aliphatic heterocycles. The fourth-order valence-electron chi connectivity index (χ4n) is 1.80. The molecule has 118 valence electrons. The van der Waals surface area contributed by atoms with Gasteiger partial charge in [-0.3, -0.25) is 14.9 Å². The Balaban J connectivity index is 2.30. The minimum Gasteiger partial charge on any atom is -0.465 e. The summed E-state index contributed by atoms with van der Waals surface area (Å²) in [5.74, 6) is -1.05. The lowest BCUT2D eigenvalue weighted by molar-refractivity contribution is -0.385. The lowest BCUT2D eigenvalue weighted by Gasteiger charge is -2.07. The summed E-state index contributed by atoms with van der Waals surface area (Å²) < 4.78 is 10.00. The first-order chi connectivity index (χ1) is 10.9. The van der Waals surface area contributed by atoms with Crippen LogP contribution >= 0.6 is 0 Å². The number of nitro groups is 1. The smallest absolute Gasteiger partial charge is 0.337 e. The Labute approximate surface area is 130 Å². The molecule has 0 aromatic heterocycles. The van der Waals surface area contributed by atoms with E-state index in [0.717, 1.165) is 6.07 Å². The van der Waals surface area contributed by atoms with E-state index >= 15 is 0 Å². The average molecular weight is 316 g/mol. The number of carbonyl (C=O) groups excluding carboxylic acids is 2. The van der Waals surface area contributed by atoms with Gasteiger partial charge in [0.05, 0.1) is 17.6 Å². The van der Waals surface area contributed by atoms with Gasteiger partial charge in [-0.2, -0.15) is 0 Å². The number of ether oxygens (including phenoxy) is 2. The number of amides is 1. The zero-order valence-corrected chi connectivity index (χ0v) is 12.0. The molecule has 0 radical (unpaired) electrons. The van der Waals surface area contributed by atoms with Gasteiger partial charge >= 0.3 is 11.7 Å². The maximum absolute atomic E-state index is 11.3. The van der Waals surface area contributed by atoms with Crippen LogP contribution < -0.4 is 10.5 Å². The van der Waals surface area contributed by atoms with Crippen molar-refractivity contribution >= 4 is 17.6 Å². The van der Waals surface area contributed by atoms with Crippen molar-refractivity contribution in [2.45, 2.75) is 0 Å². The van der Waals surface area contributed by atoms with Crippen molar-refractivity contribution in [2.24, 2.45) is 5.73 Å². The van der Waals surface area contributed by atoms with E-state index in [2.05, 4.69) is 4.74 Å². The number of hydrogen-bond acceptors (Lipinski definition) is 6. The van der Waals surface area contributed by atoms with Crippen LogP contribution in [0.3, 0.4) is 0 Å². The Kier molecular flexibility index (Phi) is 4.55. The van der Waals surface area contributed by atoms with Crippen LogP contribution in [-0.2, 0) is 4.74 Å². The molecule has 2 aromatic rings. The molecule has 8 heteroatoms. The molecule has 0 spiro atoms. The van der Waals surface area contributed by atoms with Crippen molar-refractivity contribution in [1.29, 1.82) is 0 Å². The van der Waals surface area contributed by atoms with Crippen LogP contribution in [0.4, 0.5) is 5.69 Å². The molecule has 2 rings (SSSR count). The number of benzene rings is 2. The molecular weight excluding hydrogens is 304 g/mol. The first-order valence-electron chi connectivity index (χ1n) is 6.37. The van der Waals surface area contributed by atoms with Crippen molar-refractivity contribution in [1.82, 2.24) is 0 Å². The number of nitrogens with two attached hydrogens (primary N) is 1. The van der Waals surface area contributed by atoms with Crippen LogP contribution in [0.5, 0.6) is 11.5 Å². The molecule has 0 aliphatic rings. The topological polar surface area (TPSA) is 122 Å². The average Bonchev–Trinajstić information content (AvgIpc) is 2.54. The lowest BCUT2D eigenvalue weighted by Crippen LogP contribution is -2.11. The highest BCUT2D eigenvalue weighted by molar-refractivity contribution is 5.93. The number of methoxy groups -OCH3 is 1. The van der Waals surface area contributed by atoms with E-state index in [4.69, 9.17) is 10.5 Å². The number of esters is 1. The predicted octanol–water partition coefficient (Wildman–Crippen LogP) is 2.27. The van der Waals surface area contributed by atoms with E-state index < -0.39 is 22.5 Å². The second kappa shape index (κ2) is 6.56. The molecular formula is C15H12N2O6. The number of carbonyl (C=O) groups is 2. The van der Waals surface area contributed by atoms with Gasteiger partial charge in [-0.1, -0.05) is 0 Å². The number of nitrogens with zero attached hydrogens (tertiary/aromatic N) is 1. The van der Waals surface area contributed by atoms with Crippen LogP contribution in [0.2, 0.25) is 0 Å². The Hall–Kier alpha value is -3.42. The largest absolute Gasteiger partial charge is 0.465 e. The maximum atomic E-state index is 11.3. The van der Waals surface area contributed by atoms with Crippen molar-refractivity contribution in [3.63, 3.8) is 0 Å². The third kappa shape index (κ3) is 3.62. The van der Waals surface area contributed by atoms with Crippen molar-refractivity contribution in [2.75, 3.05) is 7.11 Å². The highest BCUT2D eigenvalue weighted by Gasteiger charge is 2.18. The minimum atomic E-state index is -0.776. The third-order valence-electron chi connectivity index (χ3n) is 2.94. The zero-order chi connectivity index (χ0) is 17.0. The summed E-state index contributed by atoms with van der Waals surface area (Å²) in [6.45, 7) is 0. The Morgan fingerprint density at radius 3 is 2.22 bits per heavy atom. The van der Waals surface area contributed by atoms with E-state index in [1.807, 2.05) is 0 Å². The maximum Gasteiger partial charge on any atom is 0.337 e. The molecule has 23 heavy (non-hydrogen) atoms. The fourth-order valence-corrected chi connectivity index (χ4v) is 1.80. The van der Waals surface area contributed by atoms with Gasteiger partial charge in [-0.25, -0.2) is 4.79 Å². The number of primary amides is 1. The molecule has 0 unspecified atom stereocenters. The molecule has 0 fully saturated rings. The van der Waals surface area contributed by atoms with Gasteiger partial charge in [0, 0.05) is 11.6 Å². The zero-order valence-electron chi connectivity index (χ0n) is 12.0. The summed E-state index contributed by atoms with van der Waals surface area (Å²) in [5.41, 5.74) is 5.03. The second-order valence-corrected chi connectivity index (χ2v) is 4.42. The van der Waals surface area contributed by atoms with Gasteiger partial charge in [-0.05, 0) is 36.4 Å². The third-order valence-corrected chi connectivity index (χ3v) is 2.94. The van der Waals surface area contributed by atoms with Crippen LogP contribution in [0.25, 0.3) is 0 Å². The summed E-state index contributed by atoms with van der Waals surface area (Å²) in [5, 5.41) is 11.1. The highest BCUT2D eigenvalue weighted by atomic mass is 16.6. The first kappa shape index (κ1) is 16.0. The molecule has 0 saturated heterocycles. The molecule has 0 aliphatic carbocycles. The van der Waals surface area contributed by atoms with Crippen LogP contribution in [-0.4, -0.2) is 23.9 Å². The standard InChI is InChI=1S/C15H12N2O6/c1-22-15(19)9-2-5-11(6-3-9)23-13-7-4-10(14(16)18)8-12(13)17(20)21/h2-8H,1H3,(H2,16,18). The summed E-state index contributed by atoms with van der Waals surface area (Å²) in [6.07, 6.45) is 0. The Morgan fingerprint density at radius 2 is 1.70 bits per heavy atom. The second-order valence-electron chi connectivity index (χ2n) is 4.42. The minimum absolute atomic E-state index is 0.00471. The molecule has 2 N–H and O–H groups in total. The number of nitro benzene ring substituents is 1. The Morgan fingerprint density at radius 1 is 1.09 bits per heavy atom. The quantitative estimate of drug-likeness (QED) is 0.513. The van der Waals surface area contributed by atoms with Gasteiger partial charge in [0.15, 0.2) is 0 Å². The highest BCUT2D eigenvalue weighted by Crippen LogP contribution is 2.32. The molecule has 1 amide bonds. The predicted molar refractivity (Wildman–Crippen MR) is 79.5 cm³/mol. The number of rotatable bonds is 5. The summed E-state index contributed by atoms with van der Waals surface area (Å²) >= 11 is 0. The molecule has 0 heterocycles. The summed E-state index contributed by atoms with van der Waals surface area (Å²) in [4.78, 5) is 32.8. The fraction of sp³-hybridized carbons (Fsp3) is 0.0667. The van der Waals surface area contributed by atoms with Gasteiger partial charge in [0.2, 0.25) is 11.7 Å². The molecule has 8 nitrogen and oxygen atoms in total. The molecule has 0 saturated carbocycles. The Bertz CT molecular complexity index is 770. The van der Waals surface area contributed by atoms with Gasteiger partial charge in [-0.15, -0.1) is 0 Å². The first-order valence-corrected chi connectivity index (χ1v) is 6.37. The van der Waals surface area contributed by atoms with E-state index in [1.165, 1.54) is 43.5 Å². The van der Waals surface area contributed by atoms with Crippen molar-refractivity contribution < 1.29 is 24.0 Å². The number of hydrogen-bond donors (Lipinski definition) is 1. The van der Waals surface area contributed by atoms with Crippen LogP contribution in [0, 0.1) is 10.1 Å². The van der Waals surface area contributed by atoms with Crippen molar-refractivity contribution in [3.05, 3.63) is 63.7 Å². The summed E-state index contributed by atoms with van der Waals surface area (Å²) in [6, 6.07) is 9.52. The van der Waals surface area contributed by atoms with E-state index in [0.29, 0.717) is 5.56 Å². The normalized spacial score (nSPS) is 9.96. The SMILES string of the molecule is COC(=O)c1ccc(Oc2ccc(C(N)=O)cc2[N+](=O)[O-])cc1. The van der Waals surface area contributed by atoms with E-state index in [9.17, 15) is 19.7 Å². The van der Waals surface area contributed by atoms with Crippen LogP contribution in [0.1, 0.15) is 20.7 Å². The molecule has 0 atom stereocenters. The monoisotopic (exact) mass is 316 g/mol. The molecule has 2 aromatic carbocycles.